The SMILES string of the molecule is CCC1OCCC1CNC(=O)C(N)c1ccccc1. The van der Waals surface area contributed by atoms with Gasteiger partial charge in [0.1, 0.15) is 6.04 Å². The van der Waals surface area contributed by atoms with Crippen LogP contribution in [0.1, 0.15) is 31.4 Å². The van der Waals surface area contributed by atoms with Gasteiger partial charge in [0, 0.05) is 19.1 Å². The van der Waals surface area contributed by atoms with E-state index in [2.05, 4.69) is 12.2 Å². The Morgan fingerprint density at radius 3 is 2.89 bits per heavy atom. The highest BCUT2D eigenvalue weighted by Crippen LogP contribution is 2.22. The number of amides is 1. The van der Waals surface area contributed by atoms with Crippen molar-refractivity contribution in [3.05, 3.63) is 35.9 Å². The van der Waals surface area contributed by atoms with Crippen LogP contribution < -0.4 is 11.1 Å². The third kappa shape index (κ3) is 3.55. The Morgan fingerprint density at radius 1 is 1.47 bits per heavy atom. The molecule has 3 unspecified atom stereocenters. The monoisotopic (exact) mass is 262 g/mol. The molecule has 104 valence electrons. The second kappa shape index (κ2) is 6.68. The van der Waals surface area contributed by atoms with Gasteiger partial charge in [0.25, 0.3) is 0 Å². The van der Waals surface area contributed by atoms with Crippen molar-refractivity contribution in [2.75, 3.05) is 13.2 Å². The van der Waals surface area contributed by atoms with Crippen LogP contribution in [0.5, 0.6) is 0 Å². The predicted molar refractivity (Wildman–Crippen MR) is 74.5 cm³/mol. The summed E-state index contributed by atoms with van der Waals surface area (Å²) in [6.07, 6.45) is 2.28. The summed E-state index contributed by atoms with van der Waals surface area (Å²) >= 11 is 0. The molecular formula is C15H22N2O2. The maximum atomic E-state index is 12.0. The third-order valence-electron chi connectivity index (χ3n) is 3.73. The molecule has 0 bridgehead atoms. The van der Waals surface area contributed by atoms with Gasteiger partial charge >= 0.3 is 0 Å². The van der Waals surface area contributed by atoms with Crippen LogP contribution in [0.3, 0.4) is 0 Å². The van der Waals surface area contributed by atoms with E-state index in [4.69, 9.17) is 10.5 Å². The molecule has 1 aliphatic heterocycles. The minimum absolute atomic E-state index is 0.118. The van der Waals surface area contributed by atoms with Crippen molar-refractivity contribution in [1.82, 2.24) is 5.32 Å². The van der Waals surface area contributed by atoms with Gasteiger partial charge in [0.2, 0.25) is 5.91 Å². The van der Waals surface area contributed by atoms with Gasteiger partial charge in [-0.1, -0.05) is 37.3 Å². The summed E-state index contributed by atoms with van der Waals surface area (Å²) in [4.78, 5) is 12.0. The molecule has 19 heavy (non-hydrogen) atoms. The number of ether oxygens (including phenoxy) is 1. The van der Waals surface area contributed by atoms with Crippen molar-refractivity contribution in [2.45, 2.75) is 31.9 Å². The Bertz CT molecular complexity index is 408. The molecular weight excluding hydrogens is 240 g/mol. The molecule has 1 heterocycles. The van der Waals surface area contributed by atoms with Crippen LogP contribution in [0, 0.1) is 5.92 Å². The van der Waals surface area contributed by atoms with Crippen LogP contribution in [0.4, 0.5) is 0 Å². The number of hydrogen-bond donors (Lipinski definition) is 2. The summed E-state index contributed by atoms with van der Waals surface area (Å²) in [6.45, 7) is 3.56. The fraction of sp³-hybridized carbons (Fsp3) is 0.533. The Hall–Kier alpha value is -1.39. The fourth-order valence-electron chi connectivity index (χ4n) is 2.53. The van der Waals surface area contributed by atoms with Gasteiger partial charge in [-0.25, -0.2) is 0 Å². The number of hydrogen-bond acceptors (Lipinski definition) is 3. The van der Waals surface area contributed by atoms with E-state index in [1.807, 2.05) is 30.3 Å². The van der Waals surface area contributed by atoms with Gasteiger partial charge in [-0.05, 0) is 18.4 Å². The largest absolute Gasteiger partial charge is 0.378 e. The van der Waals surface area contributed by atoms with Gasteiger partial charge < -0.3 is 15.8 Å². The second-order valence-corrected chi connectivity index (χ2v) is 5.00. The van der Waals surface area contributed by atoms with Crippen LogP contribution >= 0.6 is 0 Å². The highest BCUT2D eigenvalue weighted by Gasteiger charge is 2.27. The highest BCUT2D eigenvalue weighted by molar-refractivity contribution is 5.82. The molecule has 1 aromatic carbocycles. The quantitative estimate of drug-likeness (QED) is 0.847. The lowest BCUT2D eigenvalue weighted by Crippen LogP contribution is -2.38. The predicted octanol–water partition coefficient (Wildman–Crippen LogP) is 1.62. The number of rotatable bonds is 5. The van der Waals surface area contributed by atoms with Gasteiger partial charge in [-0.2, -0.15) is 0 Å². The number of carbonyl (C=O) groups excluding carboxylic acids is 1. The van der Waals surface area contributed by atoms with Crippen LogP contribution in [-0.4, -0.2) is 25.2 Å². The normalized spacial score (nSPS) is 24.1. The van der Waals surface area contributed by atoms with Crippen LogP contribution in [0.25, 0.3) is 0 Å². The molecule has 1 amide bonds. The zero-order chi connectivity index (χ0) is 13.7. The average Bonchev–Trinajstić information content (AvgIpc) is 2.92. The lowest BCUT2D eigenvalue weighted by molar-refractivity contribution is -0.122. The zero-order valence-electron chi connectivity index (χ0n) is 11.3. The van der Waals surface area contributed by atoms with Gasteiger partial charge in [0.05, 0.1) is 6.10 Å². The molecule has 0 saturated carbocycles. The molecule has 1 aromatic rings. The Balaban J connectivity index is 1.84. The molecule has 4 nitrogen and oxygen atoms in total. The van der Waals surface area contributed by atoms with Crippen molar-refractivity contribution in [1.29, 1.82) is 0 Å². The standard InChI is InChI=1S/C15H22N2O2/c1-2-13-12(8-9-19-13)10-17-15(18)14(16)11-6-4-3-5-7-11/h3-7,12-14H,2,8-10,16H2,1H3,(H,17,18). The molecule has 3 N–H and O–H groups in total. The van der Waals surface area contributed by atoms with E-state index in [9.17, 15) is 4.79 Å². The van der Waals surface area contributed by atoms with Crippen molar-refractivity contribution in [3.8, 4) is 0 Å². The molecule has 0 radical (unpaired) electrons. The summed E-state index contributed by atoms with van der Waals surface area (Å²) in [5.74, 6) is 0.296. The van der Waals surface area contributed by atoms with Crippen molar-refractivity contribution in [2.24, 2.45) is 11.7 Å². The molecule has 1 fully saturated rings. The third-order valence-corrected chi connectivity index (χ3v) is 3.73. The lowest BCUT2D eigenvalue weighted by Gasteiger charge is -2.19. The van der Waals surface area contributed by atoms with Crippen molar-refractivity contribution >= 4 is 5.91 Å². The van der Waals surface area contributed by atoms with Crippen LogP contribution in [0.2, 0.25) is 0 Å². The molecule has 3 atom stereocenters. The Labute approximate surface area is 114 Å². The highest BCUT2D eigenvalue weighted by atomic mass is 16.5. The van der Waals surface area contributed by atoms with Gasteiger partial charge in [-0.3, -0.25) is 4.79 Å². The summed E-state index contributed by atoms with van der Waals surface area (Å²) < 4.78 is 5.61. The number of nitrogens with two attached hydrogens (primary N) is 1. The fourth-order valence-corrected chi connectivity index (χ4v) is 2.53. The average molecular weight is 262 g/mol. The Kier molecular flexibility index (Phi) is 4.93. The number of benzene rings is 1. The Morgan fingerprint density at radius 2 is 2.21 bits per heavy atom. The van der Waals surface area contributed by atoms with Crippen molar-refractivity contribution in [3.63, 3.8) is 0 Å². The number of nitrogens with one attached hydrogen (secondary N) is 1. The number of carbonyl (C=O) groups is 1. The maximum Gasteiger partial charge on any atom is 0.241 e. The van der Waals surface area contributed by atoms with E-state index in [-0.39, 0.29) is 12.0 Å². The zero-order valence-corrected chi connectivity index (χ0v) is 11.3. The smallest absolute Gasteiger partial charge is 0.241 e. The van der Waals surface area contributed by atoms with Crippen LogP contribution in [-0.2, 0) is 9.53 Å². The van der Waals surface area contributed by atoms with Crippen LogP contribution in [0.15, 0.2) is 30.3 Å². The molecule has 0 aliphatic carbocycles. The summed E-state index contributed by atoms with van der Waals surface area (Å²) in [5.41, 5.74) is 6.79. The van der Waals surface area contributed by atoms with E-state index in [1.165, 1.54) is 0 Å². The first kappa shape index (κ1) is 14.0. The van der Waals surface area contributed by atoms with E-state index < -0.39 is 6.04 Å². The maximum absolute atomic E-state index is 12.0. The minimum Gasteiger partial charge on any atom is -0.378 e. The molecule has 0 spiro atoms. The van der Waals surface area contributed by atoms with E-state index in [0.29, 0.717) is 12.5 Å². The summed E-state index contributed by atoms with van der Waals surface area (Å²) in [7, 11) is 0. The van der Waals surface area contributed by atoms with E-state index in [1.54, 1.807) is 0 Å². The first-order valence-electron chi connectivity index (χ1n) is 6.92. The van der Waals surface area contributed by atoms with E-state index >= 15 is 0 Å². The van der Waals surface area contributed by atoms with Crippen molar-refractivity contribution < 1.29 is 9.53 Å². The topological polar surface area (TPSA) is 64.3 Å². The second-order valence-electron chi connectivity index (χ2n) is 5.00. The summed E-state index contributed by atoms with van der Waals surface area (Å²) in [6, 6.07) is 8.84. The molecule has 4 heteroatoms. The molecule has 2 rings (SSSR count). The van der Waals surface area contributed by atoms with Gasteiger partial charge in [-0.15, -0.1) is 0 Å². The lowest BCUT2D eigenvalue weighted by atomic mass is 9.99. The molecule has 1 saturated heterocycles. The first-order valence-corrected chi connectivity index (χ1v) is 6.92. The first-order chi connectivity index (χ1) is 9.22. The minimum atomic E-state index is -0.594. The molecule has 1 aliphatic rings. The van der Waals surface area contributed by atoms with Gasteiger partial charge in [0.15, 0.2) is 0 Å². The molecule has 0 aromatic heterocycles. The summed E-state index contributed by atoms with van der Waals surface area (Å²) in [5, 5.41) is 2.94. The van der Waals surface area contributed by atoms with E-state index in [0.717, 1.165) is 25.0 Å².